The first kappa shape index (κ1) is 17.5. The third kappa shape index (κ3) is 3.11. The lowest BCUT2D eigenvalue weighted by atomic mass is 9.87. The number of nitrogens with one attached hydrogen (secondary N) is 1. The second-order valence-corrected chi connectivity index (χ2v) is 6.00. The highest BCUT2D eigenvalue weighted by Gasteiger charge is 2.50. The molecule has 1 atom stereocenters. The average molecular weight is 349 g/mol. The number of hydrogen-bond donors (Lipinski definition) is 1. The largest absolute Gasteiger partial charge is 0.492 e. The SMILES string of the molecule is CCC1(c2ccccc2)NC(=O)N(CCOc2ccc(C#N)cc2)C1=O. The Bertz CT molecular complexity index is 843. The maximum absolute atomic E-state index is 12.9. The predicted octanol–water partition coefficient (Wildman–Crippen LogP) is 2.79. The summed E-state index contributed by atoms with van der Waals surface area (Å²) in [5.74, 6) is 0.320. The molecule has 0 saturated carbocycles. The lowest BCUT2D eigenvalue weighted by Crippen LogP contribution is -2.43. The number of urea groups is 1. The molecule has 6 nitrogen and oxygen atoms in total. The van der Waals surface area contributed by atoms with Crippen molar-refractivity contribution in [3.8, 4) is 11.8 Å². The molecule has 1 saturated heterocycles. The van der Waals surface area contributed by atoms with E-state index >= 15 is 0 Å². The highest BCUT2D eigenvalue weighted by Crippen LogP contribution is 2.32. The Morgan fingerprint density at radius 2 is 1.81 bits per heavy atom. The van der Waals surface area contributed by atoms with Crippen LogP contribution in [0.2, 0.25) is 0 Å². The third-order valence-corrected chi connectivity index (χ3v) is 4.54. The normalized spacial score (nSPS) is 19.2. The first-order valence-corrected chi connectivity index (χ1v) is 8.43. The van der Waals surface area contributed by atoms with Crippen LogP contribution in [0.1, 0.15) is 24.5 Å². The van der Waals surface area contributed by atoms with Crippen LogP contribution in [0, 0.1) is 11.3 Å². The van der Waals surface area contributed by atoms with Crippen molar-refractivity contribution in [2.24, 2.45) is 0 Å². The molecule has 0 radical (unpaired) electrons. The number of rotatable bonds is 6. The van der Waals surface area contributed by atoms with Gasteiger partial charge in [0, 0.05) is 0 Å². The van der Waals surface area contributed by atoms with E-state index in [1.807, 2.05) is 43.3 Å². The summed E-state index contributed by atoms with van der Waals surface area (Å²) in [4.78, 5) is 26.5. The van der Waals surface area contributed by atoms with Crippen LogP contribution in [0.4, 0.5) is 4.79 Å². The Balaban J connectivity index is 1.68. The minimum atomic E-state index is -1.02. The van der Waals surface area contributed by atoms with Gasteiger partial charge in [-0.05, 0) is 36.2 Å². The topological polar surface area (TPSA) is 82.4 Å². The van der Waals surface area contributed by atoms with Gasteiger partial charge >= 0.3 is 6.03 Å². The molecule has 2 aromatic rings. The van der Waals surface area contributed by atoms with E-state index in [4.69, 9.17) is 10.00 Å². The zero-order chi connectivity index (χ0) is 18.6. The fraction of sp³-hybridized carbons (Fsp3) is 0.250. The van der Waals surface area contributed by atoms with E-state index in [1.54, 1.807) is 24.3 Å². The lowest BCUT2D eigenvalue weighted by Gasteiger charge is -2.25. The Kier molecular flexibility index (Phi) is 4.90. The summed E-state index contributed by atoms with van der Waals surface area (Å²) in [6.07, 6.45) is 0.467. The van der Waals surface area contributed by atoms with Crippen LogP contribution >= 0.6 is 0 Å². The number of nitriles is 1. The number of benzene rings is 2. The van der Waals surface area contributed by atoms with Crippen LogP contribution in [-0.4, -0.2) is 30.0 Å². The number of imide groups is 1. The van der Waals surface area contributed by atoms with E-state index in [0.29, 0.717) is 17.7 Å². The predicted molar refractivity (Wildman–Crippen MR) is 95.3 cm³/mol. The van der Waals surface area contributed by atoms with Crippen molar-refractivity contribution in [3.63, 3.8) is 0 Å². The maximum atomic E-state index is 12.9. The fourth-order valence-corrected chi connectivity index (χ4v) is 3.07. The van der Waals surface area contributed by atoms with Gasteiger partial charge in [0.1, 0.15) is 17.9 Å². The van der Waals surface area contributed by atoms with Crippen LogP contribution in [-0.2, 0) is 10.3 Å². The molecule has 1 unspecified atom stereocenters. The van der Waals surface area contributed by atoms with E-state index < -0.39 is 11.6 Å². The molecule has 1 N–H and O–H groups in total. The molecule has 26 heavy (non-hydrogen) atoms. The van der Waals surface area contributed by atoms with Gasteiger partial charge in [-0.3, -0.25) is 9.69 Å². The summed E-state index contributed by atoms with van der Waals surface area (Å²) in [7, 11) is 0. The molecule has 0 aromatic heterocycles. The van der Waals surface area contributed by atoms with Gasteiger partial charge < -0.3 is 10.1 Å². The van der Waals surface area contributed by atoms with E-state index in [-0.39, 0.29) is 19.1 Å². The number of carbonyl (C=O) groups excluding carboxylic acids is 2. The van der Waals surface area contributed by atoms with Crippen LogP contribution in [0.3, 0.4) is 0 Å². The van der Waals surface area contributed by atoms with Gasteiger partial charge in [0.05, 0.1) is 18.2 Å². The first-order chi connectivity index (χ1) is 12.6. The highest BCUT2D eigenvalue weighted by molar-refractivity contribution is 6.07. The summed E-state index contributed by atoms with van der Waals surface area (Å²) in [6, 6.07) is 17.6. The van der Waals surface area contributed by atoms with E-state index in [2.05, 4.69) is 5.32 Å². The van der Waals surface area contributed by atoms with E-state index in [9.17, 15) is 9.59 Å². The molecule has 2 aromatic carbocycles. The van der Waals surface area contributed by atoms with Gasteiger partial charge in [0.2, 0.25) is 0 Å². The molecule has 0 aliphatic carbocycles. The Labute approximate surface area is 152 Å². The molecule has 1 aliphatic heterocycles. The van der Waals surface area contributed by atoms with Crippen LogP contribution in [0.15, 0.2) is 54.6 Å². The molecule has 1 heterocycles. The Hall–Kier alpha value is -3.33. The molecule has 3 rings (SSSR count). The molecule has 1 fully saturated rings. The van der Waals surface area contributed by atoms with Gasteiger partial charge in [-0.1, -0.05) is 37.3 Å². The van der Waals surface area contributed by atoms with Crippen LogP contribution in [0.5, 0.6) is 5.75 Å². The Morgan fingerprint density at radius 3 is 2.42 bits per heavy atom. The summed E-state index contributed by atoms with van der Waals surface area (Å²) in [5.41, 5.74) is 0.297. The van der Waals surface area contributed by atoms with Gasteiger partial charge in [-0.25, -0.2) is 4.79 Å². The third-order valence-electron chi connectivity index (χ3n) is 4.54. The second-order valence-electron chi connectivity index (χ2n) is 6.00. The summed E-state index contributed by atoms with van der Waals surface area (Å²) in [5, 5.41) is 11.6. The van der Waals surface area contributed by atoms with Crippen molar-refractivity contribution in [1.82, 2.24) is 10.2 Å². The number of carbonyl (C=O) groups is 2. The van der Waals surface area contributed by atoms with Crippen molar-refractivity contribution in [2.45, 2.75) is 18.9 Å². The van der Waals surface area contributed by atoms with Crippen molar-refractivity contribution in [1.29, 1.82) is 5.26 Å². The smallest absolute Gasteiger partial charge is 0.325 e. The van der Waals surface area contributed by atoms with Gasteiger partial charge in [-0.15, -0.1) is 0 Å². The van der Waals surface area contributed by atoms with Crippen LogP contribution < -0.4 is 10.1 Å². The average Bonchev–Trinajstić information content (AvgIpc) is 2.94. The molecular weight excluding hydrogens is 330 g/mol. The maximum Gasteiger partial charge on any atom is 0.325 e. The fourth-order valence-electron chi connectivity index (χ4n) is 3.07. The molecule has 0 spiro atoms. The Morgan fingerprint density at radius 1 is 1.12 bits per heavy atom. The number of amides is 3. The quantitative estimate of drug-likeness (QED) is 0.813. The van der Waals surface area contributed by atoms with Gasteiger partial charge in [-0.2, -0.15) is 5.26 Å². The molecule has 3 amide bonds. The zero-order valence-electron chi connectivity index (χ0n) is 14.4. The molecule has 0 bridgehead atoms. The zero-order valence-corrected chi connectivity index (χ0v) is 14.4. The summed E-state index contributed by atoms with van der Waals surface area (Å²) < 4.78 is 5.59. The summed E-state index contributed by atoms with van der Waals surface area (Å²) in [6.45, 7) is 2.21. The number of hydrogen-bond acceptors (Lipinski definition) is 4. The lowest BCUT2D eigenvalue weighted by molar-refractivity contribution is -0.132. The standard InChI is InChI=1S/C20H19N3O3/c1-2-20(16-6-4-3-5-7-16)18(24)23(19(25)22-20)12-13-26-17-10-8-15(14-21)9-11-17/h3-11H,2,12-13H2,1H3,(H,22,25). The second kappa shape index (κ2) is 7.28. The van der Waals surface area contributed by atoms with Crippen molar-refractivity contribution in [3.05, 3.63) is 65.7 Å². The van der Waals surface area contributed by atoms with E-state index in [0.717, 1.165) is 5.56 Å². The van der Waals surface area contributed by atoms with Crippen molar-refractivity contribution in [2.75, 3.05) is 13.2 Å². The molecule has 132 valence electrons. The summed E-state index contributed by atoms with van der Waals surface area (Å²) >= 11 is 0. The van der Waals surface area contributed by atoms with Gasteiger partial charge in [0.25, 0.3) is 5.91 Å². The van der Waals surface area contributed by atoms with Crippen LogP contribution in [0.25, 0.3) is 0 Å². The molecule has 6 heteroatoms. The number of nitrogens with zero attached hydrogens (tertiary/aromatic N) is 2. The first-order valence-electron chi connectivity index (χ1n) is 8.43. The van der Waals surface area contributed by atoms with Crippen molar-refractivity contribution < 1.29 is 14.3 Å². The van der Waals surface area contributed by atoms with Gasteiger partial charge in [0.15, 0.2) is 0 Å². The minimum Gasteiger partial charge on any atom is -0.492 e. The highest BCUT2D eigenvalue weighted by atomic mass is 16.5. The molecule has 1 aliphatic rings. The van der Waals surface area contributed by atoms with E-state index in [1.165, 1.54) is 4.90 Å². The minimum absolute atomic E-state index is 0.152. The van der Waals surface area contributed by atoms with Crippen molar-refractivity contribution >= 4 is 11.9 Å². The monoisotopic (exact) mass is 349 g/mol. The number of ether oxygens (including phenoxy) is 1. The molecular formula is C20H19N3O3.